The van der Waals surface area contributed by atoms with Crippen molar-refractivity contribution in [1.82, 2.24) is 19.5 Å². The number of hydrogen-bond donors (Lipinski definition) is 1. The fourth-order valence-corrected chi connectivity index (χ4v) is 2.61. The van der Waals surface area contributed by atoms with Crippen molar-refractivity contribution in [2.75, 3.05) is 5.32 Å². The second kappa shape index (κ2) is 6.62. The zero-order chi connectivity index (χ0) is 19.0. The fourth-order valence-electron chi connectivity index (χ4n) is 2.61. The van der Waals surface area contributed by atoms with Crippen LogP contribution in [0.1, 0.15) is 60.9 Å². The van der Waals surface area contributed by atoms with Gasteiger partial charge >= 0.3 is 0 Å². The number of rotatable bonds is 6. The molecule has 25 heavy (non-hydrogen) atoms. The van der Waals surface area contributed by atoms with Gasteiger partial charge in [0.05, 0.1) is 11.9 Å². The number of imidazole rings is 1. The van der Waals surface area contributed by atoms with E-state index < -0.39 is 0 Å². The van der Waals surface area contributed by atoms with Crippen LogP contribution in [0.25, 0.3) is 11.2 Å². The molecule has 0 aliphatic rings. The number of nitrogens with zero attached hydrogens (tertiary/aromatic N) is 4. The van der Waals surface area contributed by atoms with E-state index in [9.17, 15) is 0 Å². The molecule has 1 N–H and O–H groups in total. The first kappa shape index (κ1) is 19.2. The van der Waals surface area contributed by atoms with Gasteiger partial charge < -0.3 is 9.88 Å². The van der Waals surface area contributed by atoms with Gasteiger partial charge in [0, 0.05) is 6.04 Å². The van der Waals surface area contributed by atoms with E-state index in [0.717, 1.165) is 23.3 Å². The minimum absolute atomic E-state index is 0.0408. The molecule has 0 spiro atoms. The van der Waals surface area contributed by atoms with Crippen LogP contribution in [0.3, 0.4) is 0 Å². The summed E-state index contributed by atoms with van der Waals surface area (Å²) in [6.45, 7) is 23.5. The third-order valence-electron chi connectivity index (χ3n) is 4.89. The number of hydrogen-bond acceptors (Lipinski definition) is 4. The molecule has 136 valence electrons. The number of nitrogens with one attached hydrogen (secondary N) is 1. The Bertz CT molecular complexity index is 794. The van der Waals surface area contributed by atoms with Crippen LogP contribution in [0.15, 0.2) is 37.0 Å². The molecule has 1 atom stereocenters. The number of aromatic nitrogens is 4. The Morgan fingerprint density at radius 1 is 1.16 bits per heavy atom. The standard InChI is InChI=1S/C20H31N5/c1-13(2)20(9,10-15(5)19(6,7)8)24-18-16-17(21-11-22-18)23-12-25(16)14(3)4/h11-12,14H,1,5,10H2,2-4,6-9H3,(H,21,22,24). The van der Waals surface area contributed by atoms with Gasteiger partial charge in [0.15, 0.2) is 11.5 Å². The molecule has 5 nitrogen and oxygen atoms in total. The van der Waals surface area contributed by atoms with Crippen LogP contribution in [-0.4, -0.2) is 25.1 Å². The molecule has 2 aromatic heterocycles. The van der Waals surface area contributed by atoms with E-state index in [1.54, 1.807) is 6.33 Å². The lowest BCUT2D eigenvalue weighted by Gasteiger charge is -2.36. The normalized spacial score (nSPS) is 14.6. The van der Waals surface area contributed by atoms with Crippen molar-refractivity contribution in [2.24, 2.45) is 5.41 Å². The van der Waals surface area contributed by atoms with E-state index in [4.69, 9.17) is 0 Å². The van der Waals surface area contributed by atoms with E-state index in [1.807, 2.05) is 13.3 Å². The number of fused-ring (bicyclic) bond motifs is 1. The Labute approximate surface area is 151 Å². The highest BCUT2D eigenvalue weighted by atomic mass is 15.2. The van der Waals surface area contributed by atoms with E-state index in [1.165, 1.54) is 5.57 Å². The molecule has 2 aromatic rings. The summed E-state index contributed by atoms with van der Waals surface area (Å²) >= 11 is 0. The molecule has 1 unspecified atom stereocenters. The first-order chi connectivity index (χ1) is 11.5. The van der Waals surface area contributed by atoms with Gasteiger partial charge in [-0.2, -0.15) is 0 Å². The van der Waals surface area contributed by atoms with Crippen molar-refractivity contribution in [2.45, 2.75) is 66.5 Å². The maximum Gasteiger partial charge on any atom is 0.182 e. The molecular weight excluding hydrogens is 310 g/mol. The van der Waals surface area contributed by atoms with Gasteiger partial charge in [-0.1, -0.05) is 45.1 Å². The molecule has 0 saturated heterocycles. The molecule has 0 fully saturated rings. The van der Waals surface area contributed by atoms with Gasteiger partial charge in [0.2, 0.25) is 0 Å². The Hall–Kier alpha value is -2.17. The van der Waals surface area contributed by atoms with Gasteiger partial charge in [0.25, 0.3) is 0 Å². The Kier molecular flexibility index (Phi) is 5.07. The Balaban J connectivity index is 2.47. The molecule has 0 aromatic carbocycles. The summed E-state index contributed by atoms with van der Waals surface area (Å²) in [5, 5.41) is 3.61. The highest BCUT2D eigenvalue weighted by Gasteiger charge is 2.31. The molecule has 0 saturated carbocycles. The molecule has 0 amide bonds. The van der Waals surface area contributed by atoms with Gasteiger partial charge in [-0.3, -0.25) is 0 Å². The monoisotopic (exact) mass is 341 g/mol. The largest absolute Gasteiger partial charge is 0.359 e. The third kappa shape index (κ3) is 3.91. The summed E-state index contributed by atoms with van der Waals surface area (Å²) in [7, 11) is 0. The molecule has 0 aliphatic heterocycles. The van der Waals surface area contributed by atoms with Gasteiger partial charge in [-0.15, -0.1) is 0 Å². The average molecular weight is 342 g/mol. The molecule has 0 radical (unpaired) electrons. The van der Waals surface area contributed by atoms with Crippen molar-refractivity contribution < 1.29 is 0 Å². The smallest absolute Gasteiger partial charge is 0.182 e. The van der Waals surface area contributed by atoms with Crippen LogP contribution in [0.4, 0.5) is 5.82 Å². The summed E-state index contributed by atoms with van der Waals surface area (Å²) in [5.41, 5.74) is 3.53. The van der Waals surface area contributed by atoms with Crippen molar-refractivity contribution in [3.05, 3.63) is 37.0 Å². The first-order valence-electron chi connectivity index (χ1n) is 8.75. The summed E-state index contributed by atoms with van der Waals surface area (Å²) in [6.07, 6.45) is 4.16. The van der Waals surface area contributed by atoms with Crippen LogP contribution in [0.2, 0.25) is 0 Å². The van der Waals surface area contributed by atoms with Gasteiger partial charge in [-0.05, 0) is 39.5 Å². The highest BCUT2D eigenvalue weighted by Crippen LogP contribution is 2.36. The number of anilines is 1. The zero-order valence-electron chi connectivity index (χ0n) is 16.6. The SMILES string of the molecule is C=C(CC(C)(Nc1ncnc2ncn(C(C)C)c12)C(=C)C)C(C)(C)C. The first-order valence-corrected chi connectivity index (χ1v) is 8.75. The summed E-state index contributed by atoms with van der Waals surface area (Å²) in [6, 6.07) is 0.275. The molecule has 0 aliphatic carbocycles. The quantitative estimate of drug-likeness (QED) is 0.739. The molecule has 5 heteroatoms. The van der Waals surface area contributed by atoms with Crippen LogP contribution in [0, 0.1) is 5.41 Å². The van der Waals surface area contributed by atoms with Crippen LogP contribution >= 0.6 is 0 Å². The zero-order valence-corrected chi connectivity index (χ0v) is 16.6. The van der Waals surface area contributed by atoms with Crippen LogP contribution in [-0.2, 0) is 0 Å². The molecular formula is C20H31N5. The average Bonchev–Trinajstić information content (AvgIpc) is 2.91. The maximum absolute atomic E-state index is 4.51. The lowest BCUT2D eigenvalue weighted by atomic mass is 9.77. The minimum atomic E-state index is -0.349. The predicted octanol–water partition coefficient (Wildman–Crippen LogP) is 5.15. The van der Waals surface area contributed by atoms with Crippen molar-refractivity contribution in [1.29, 1.82) is 0 Å². The molecule has 0 bridgehead atoms. The van der Waals surface area contributed by atoms with E-state index in [2.05, 4.69) is 79.5 Å². The Morgan fingerprint density at radius 3 is 2.32 bits per heavy atom. The summed E-state index contributed by atoms with van der Waals surface area (Å²) in [5.74, 6) is 0.781. The fraction of sp³-hybridized carbons (Fsp3) is 0.550. The second-order valence-corrected chi connectivity index (χ2v) is 8.41. The third-order valence-corrected chi connectivity index (χ3v) is 4.89. The van der Waals surface area contributed by atoms with Crippen molar-refractivity contribution in [3.8, 4) is 0 Å². The van der Waals surface area contributed by atoms with Crippen LogP contribution < -0.4 is 5.32 Å². The van der Waals surface area contributed by atoms with Crippen LogP contribution in [0.5, 0.6) is 0 Å². The topological polar surface area (TPSA) is 55.6 Å². The van der Waals surface area contributed by atoms with E-state index >= 15 is 0 Å². The van der Waals surface area contributed by atoms with E-state index in [-0.39, 0.29) is 17.0 Å². The predicted molar refractivity (Wildman–Crippen MR) is 106 cm³/mol. The summed E-state index contributed by atoms with van der Waals surface area (Å²) in [4.78, 5) is 13.2. The van der Waals surface area contributed by atoms with Gasteiger partial charge in [0.1, 0.15) is 11.8 Å². The van der Waals surface area contributed by atoms with Crippen molar-refractivity contribution in [3.63, 3.8) is 0 Å². The van der Waals surface area contributed by atoms with E-state index in [0.29, 0.717) is 5.65 Å². The Morgan fingerprint density at radius 2 is 1.80 bits per heavy atom. The maximum atomic E-state index is 4.51. The highest BCUT2D eigenvalue weighted by molar-refractivity contribution is 5.83. The second-order valence-electron chi connectivity index (χ2n) is 8.41. The van der Waals surface area contributed by atoms with Crippen molar-refractivity contribution >= 4 is 17.0 Å². The lowest BCUT2D eigenvalue weighted by Crippen LogP contribution is -2.38. The lowest BCUT2D eigenvalue weighted by molar-refractivity contribution is 0.447. The van der Waals surface area contributed by atoms with Gasteiger partial charge in [-0.25, -0.2) is 15.0 Å². The minimum Gasteiger partial charge on any atom is -0.359 e. The molecule has 2 rings (SSSR count). The molecule has 2 heterocycles. The summed E-state index contributed by atoms with van der Waals surface area (Å²) < 4.78 is 2.09.